The van der Waals surface area contributed by atoms with Gasteiger partial charge in [-0.1, -0.05) is 24.3 Å². The molecule has 0 unspecified atom stereocenters. The zero-order chi connectivity index (χ0) is 22.3. The van der Waals surface area contributed by atoms with Gasteiger partial charge in [0.15, 0.2) is 11.6 Å². The average Bonchev–Trinajstić information content (AvgIpc) is 3.08. The van der Waals surface area contributed by atoms with Gasteiger partial charge in [0.25, 0.3) is 5.91 Å². The lowest BCUT2D eigenvalue weighted by atomic mass is 9.94. The molecule has 0 aliphatic rings. The summed E-state index contributed by atoms with van der Waals surface area (Å²) in [6.07, 6.45) is 1.46. The molecule has 0 saturated heterocycles. The van der Waals surface area contributed by atoms with Crippen LogP contribution in [0.1, 0.15) is 32.1 Å². The number of carbonyl (C=O) groups is 2. The number of pyridine rings is 1. The Labute approximate surface area is 175 Å². The van der Waals surface area contributed by atoms with Crippen molar-refractivity contribution in [2.45, 2.75) is 13.5 Å². The topological polar surface area (TPSA) is 117 Å². The van der Waals surface area contributed by atoms with E-state index in [1.54, 1.807) is 31.2 Å². The minimum absolute atomic E-state index is 0.106. The summed E-state index contributed by atoms with van der Waals surface area (Å²) in [5.41, 5.74) is 13.3. The number of hydrogen-bond donors (Lipinski definition) is 2. The first kappa shape index (κ1) is 20.1. The van der Waals surface area contributed by atoms with Crippen molar-refractivity contribution in [3.63, 3.8) is 0 Å². The van der Waals surface area contributed by atoms with Crippen LogP contribution in [0.5, 0.6) is 0 Å². The summed E-state index contributed by atoms with van der Waals surface area (Å²) < 4.78 is 28.3. The minimum Gasteiger partial charge on any atom is -0.366 e. The number of fused-ring (bicyclic) bond motifs is 1. The van der Waals surface area contributed by atoms with Crippen molar-refractivity contribution in [3.8, 4) is 11.1 Å². The fraction of sp³-hybridized carbons (Fsp3) is 0.0909. The summed E-state index contributed by atoms with van der Waals surface area (Å²) in [5, 5.41) is 4.76. The molecule has 4 aromatic rings. The number of benzene rings is 2. The van der Waals surface area contributed by atoms with Crippen LogP contribution < -0.4 is 11.5 Å². The number of primary amides is 2. The molecule has 0 radical (unpaired) electrons. The van der Waals surface area contributed by atoms with Gasteiger partial charge in [0.2, 0.25) is 5.91 Å². The lowest BCUT2D eigenvalue weighted by molar-refractivity contribution is 0.0996. The minimum atomic E-state index is -0.965. The summed E-state index contributed by atoms with van der Waals surface area (Å²) in [5.74, 6) is -3.48. The molecule has 9 heteroatoms. The summed E-state index contributed by atoms with van der Waals surface area (Å²) >= 11 is 0. The molecule has 0 spiro atoms. The second-order valence-corrected chi connectivity index (χ2v) is 7.01. The summed E-state index contributed by atoms with van der Waals surface area (Å²) in [6, 6.07) is 10.3. The number of hydrogen-bond acceptors (Lipinski definition) is 4. The quantitative estimate of drug-likeness (QED) is 0.515. The van der Waals surface area contributed by atoms with E-state index >= 15 is 0 Å². The van der Waals surface area contributed by atoms with Gasteiger partial charge in [0, 0.05) is 22.2 Å². The van der Waals surface area contributed by atoms with Crippen molar-refractivity contribution < 1.29 is 18.4 Å². The lowest BCUT2D eigenvalue weighted by Crippen LogP contribution is -2.20. The maximum atomic E-state index is 13.6. The SMILES string of the molecule is Cc1c(-c2c(C(N)=O)nc3ccccc3c2C(N)=O)cnn1Cc1ccc(F)c(F)c1. The Morgan fingerprint density at radius 1 is 1.03 bits per heavy atom. The van der Waals surface area contributed by atoms with Gasteiger partial charge in [-0.25, -0.2) is 13.8 Å². The van der Waals surface area contributed by atoms with Crippen molar-refractivity contribution >= 4 is 22.7 Å². The second-order valence-electron chi connectivity index (χ2n) is 7.01. The maximum absolute atomic E-state index is 13.6. The Bertz CT molecular complexity index is 1360. The van der Waals surface area contributed by atoms with Crippen LogP contribution in [-0.4, -0.2) is 26.6 Å². The Balaban J connectivity index is 1.92. The molecule has 2 amide bonds. The van der Waals surface area contributed by atoms with Gasteiger partial charge < -0.3 is 11.5 Å². The van der Waals surface area contributed by atoms with Crippen molar-refractivity contribution in [2.24, 2.45) is 11.5 Å². The highest BCUT2D eigenvalue weighted by molar-refractivity contribution is 6.15. The first-order valence-corrected chi connectivity index (χ1v) is 9.27. The molecule has 0 atom stereocenters. The van der Waals surface area contributed by atoms with E-state index in [-0.39, 0.29) is 23.4 Å². The lowest BCUT2D eigenvalue weighted by Gasteiger charge is -2.14. The molecule has 2 aromatic heterocycles. The number of nitrogens with two attached hydrogens (primary N) is 2. The van der Waals surface area contributed by atoms with E-state index in [1.165, 1.54) is 16.9 Å². The van der Waals surface area contributed by atoms with Gasteiger partial charge in [0.1, 0.15) is 5.69 Å². The normalized spacial score (nSPS) is 11.1. The standard InChI is InChI=1S/C22H17F2N5O2/c1-11-14(9-27-29(11)10-12-6-7-15(23)16(24)8-12)18-19(21(25)30)13-4-2-3-5-17(13)28-20(18)22(26)31/h2-9H,10H2,1H3,(H2,25,30)(H2,26,31). The predicted molar refractivity (Wildman–Crippen MR) is 110 cm³/mol. The van der Waals surface area contributed by atoms with Gasteiger partial charge in [0.05, 0.1) is 23.8 Å². The first-order chi connectivity index (χ1) is 14.8. The van der Waals surface area contributed by atoms with E-state index < -0.39 is 23.4 Å². The third kappa shape index (κ3) is 3.50. The summed E-state index contributed by atoms with van der Waals surface area (Å²) in [6.45, 7) is 1.86. The van der Waals surface area contributed by atoms with Crippen LogP contribution in [0.2, 0.25) is 0 Å². The fourth-order valence-electron chi connectivity index (χ4n) is 3.57. The van der Waals surface area contributed by atoms with E-state index in [0.717, 1.165) is 12.1 Å². The monoisotopic (exact) mass is 421 g/mol. The fourth-order valence-corrected chi connectivity index (χ4v) is 3.57. The molecule has 2 aromatic carbocycles. The molecule has 7 nitrogen and oxygen atoms in total. The third-order valence-electron chi connectivity index (χ3n) is 5.06. The zero-order valence-electron chi connectivity index (χ0n) is 16.4. The van der Waals surface area contributed by atoms with Crippen LogP contribution in [0.4, 0.5) is 8.78 Å². The van der Waals surface area contributed by atoms with Crippen LogP contribution in [0.3, 0.4) is 0 Å². The van der Waals surface area contributed by atoms with Gasteiger partial charge in [-0.05, 0) is 30.7 Å². The molecule has 0 saturated carbocycles. The van der Waals surface area contributed by atoms with E-state index in [4.69, 9.17) is 11.5 Å². The number of rotatable bonds is 5. The van der Waals surface area contributed by atoms with Crippen LogP contribution >= 0.6 is 0 Å². The van der Waals surface area contributed by atoms with E-state index in [2.05, 4.69) is 10.1 Å². The van der Waals surface area contributed by atoms with Crippen molar-refractivity contribution in [2.75, 3.05) is 0 Å². The highest BCUT2D eigenvalue weighted by Crippen LogP contribution is 2.34. The first-order valence-electron chi connectivity index (χ1n) is 9.27. The Morgan fingerprint density at radius 2 is 1.77 bits per heavy atom. The molecular weight excluding hydrogens is 404 g/mol. The van der Waals surface area contributed by atoms with E-state index in [1.807, 2.05) is 0 Å². The van der Waals surface area contributed by atoms with Crippen LogP contribution in [0, 0.1) is 18.6 Å². The van der Waals surface area contributed by atoms with Crippen LogP contribution in [0.25, 0.3) is 22.0 Å². The molecule has 0 bridgehead atoms. The Kier molecular flexibility index (Phi) is 4.94. The molecule has 31 heavy (non-hydrogen) atoms. The average molecular weight is 421 g/mol. The molecule has 0 aliphatic carbocycles. The van der Waals surface area contributed by atoms with Gasteiger partial charge in [-0.15, -0.1) is 0 Å². The number of para-hydroxylation sites is 1. The van der Waals surface area contributed by atoms with Crippen LogP contribution in [0.15, 0.2) is 48.7 Å². The summed E-state index contributed by atoms with van der Waals surface area (Å²) in [7, 11) is 0. The highest BCUT2D eigenvalue weighted by Gasteiger charge is 2.25. The van der Waals surface area contributed by atoms with E-state index in [9.17, 15) is 18.4 Å². The zero-order valence-corrected chi connectivity index (χ0v) is 16.4. The molecular formula is C22H17F2N5O2. The Morgan fingerprint density at radius 3 is 2.45 bits per heavy atom. The van der Waals surface area contributed by atoms with Crippen molar-refractivity contribution in [1.82, 2.24) is 14.8 Å². The summed E-state index contributed by atoms with van der Waals surface area (Å²) in [4.78, 5) is 28.9. The van der Waals surface area contributed by atoms with Crippen LogP contribution in [-0.2, 0) is 6.54 Å². The van der Waals surface area contributed by atoms with Gasteiger partial charge in [-0.3, -0.25) is 14.3 Å². The molecule has 156 valence electrons. The molecule has 2 heterocycles. The van der Waals surface area contributed by atoms with E-state index in [0.29, 0.717) is 27.7 Å². The van der Waals surface area contributed by atoms with Gasteiger partial charge >= 0.3 is 0 Å². The van der Waals surface area contributed by atoms with Crippen molar-refractivity contribution in [3.05, 3.63) is 82.8 Å². The maximum Gasteiger partial charge on any atom is 0.267 e. The molecule has 0 aliphatic heterocycles. The second kappa shape index (κ2) is 7.60. The molecule has 4 N–H and O–H groups in total. The highest BCUT2D eigenvalue weighted by atomic mass is 19.2. The number of carbonyl (C=O) groups excluding carboxylic acids is 2. The number of amides is 2. The third-order valence-corrected chi connectivity index (χ3v) is 5.06. The number of aromatic nitrogens is 3. The smallest absolute Gasteiger partial charge is 0.267 e. The number of nitrogens with zero attached hydrogens (tertiary/aromatic N) is 3. The predicted octanol–water partition coefficient (Wildman–Crippen LogP) is 2.93. The van der Waals surface area contributed by atoms with Gasteiger partial charge in [-0.2, -0.15) is 5.10 Å². The molecule has 0 fully saturated rings. The number of halogens is 2. The van der Waals surface area contributed by atoms with Crippen molar-refractivity contribution in [1.29, 1.82) is 0 Å². The Hall–Kier alpha value is -4.14. The molecule has 4 rings (SSSR count). The largest absolute Gasteiger partial charge is 0.366 e.